The number of hydrogen-bond donors (Lipinski definition) is 1. The second kappa shape index (κ2) is 12.9. The summed E-state index contributed by atoms with van der Waals surface area (Å²) in [6.45, 7) is 14.8. The number of anilines is 1. The van der Waals surface area contributed by atoms with Crippen LogP contribution in [0, 0.1) is 31.6 Å². The molecule has 8 heteroatoms. The first-order valence-electron chi connectivity index (χ1n) is 14.6. The van der Waals surface area contributed by atoms with Crippen molar-refractivity contribution in [3.63, 3.8) is 0 Å². The van der Waals surface area contributed by atoms with Gasteiger partial charge in [0, 0.05) is 30.6 Å². The van der Waals surface area contributed by atoms with Gasteiger partial charge in [0.2, 0.25) is 5.91 Å². The van der Waals surface area contributed by atoms with Gasteiger partial charge >= 0.3 is 5.97 Å². The number of amides is 2. The summed E-state index contributed by atoms with van der Waals surface area (Å²) in [6.07, 6.45) is 7.99. The number of fused-ring (bicyclic) bond motifs is 1. The molecule has 3 saturated heterocycles. The zero-order valence-electron chi connectivity index (χ0n) is 24.1. The quantitative estimate of drug-likeness (QED) is 0.197. The van der Waals surface area contributed by atoms with E-state index >= 15 is 0 Å². The molecule has 1 aromatic rings. The molecule has 2 amide bonds. The van der Waals surface area contributed by atoms with Gasteiger partial charge in [0.15, 0.2) is 0 Å². The Balaban J connectivity index is 1.71. The smallest absolute Gasteiger partial charge is 0.310 e. The number of rotatable bonds is 14. The van der Waals surface area contributed by atoms with Gasteiger partial charge in [-0.05, 0) is 75.5 Å². The summed E-state index contributed by atoms with van der Waals surface area (Å²) in [6, 6.07) is 5.33. The third-order valence-corrected chi connectivity index (χ3v) is 10.9. The average molecular weight is 569 g/mol. The van der Waals surface area contributed by atoms with Crippen molar-refractivity contribution in [2.45, 2.75) is 75.3 Å². The molecule has 6 atom stereocenters. The number of esters is 1. The molecule has 4 rings (SSSR count). The molecule has 0 aromatic heterocycles. The van der Waals surface area contributed by atoms with Gasteiger partial charge < -0.3 is 19.6 Å². The molecule has 1 aromatic carbocycles. The Morgan fingerprint density at radius 1 is 1.20 bits per heavy atom. The van der Waals surface area contributed by atoms with Gasteiger partial charge in [-0.15, -0.1) is 24.9 Å². The van der Waals surface area contributed by atoms with E-state index in [-0.39, 0.29) is 35.6 Å². The zero-order chi connectivity index (χ0) is 29.0. The molecular formula is C32H44N2O5S. The molecule has 0 aliphatic carbocycles. The highest BCUT2D eigenvalue weighted by molar-refractivity contribution is 8.02. The van der Waals surface area contributed by atoms with E-state index in [1.165, 1.54) is 0 Å². The third-order valence-electron chi connectivity index (χ3n) is 8.84. The molecule has 3 aliphatic rings. The summed E-state index contributed by atoms with van der Waals surface area (Å²) in [4.78, 5) is 45.9. The highest BCUT2D eigenvalue weighted by atomic mass is 32.2. The number of aryl methyl sites for hydroxylation is 2. The van der Waals surface area contributed by atoms with Gasteiger partial charge in [0.25, 0.3) is 5.91 Å². The summed E-state index contributed by atoms with van der Waals surface area (Å²) in [7, 11) is 0. The van der Waals surface area contributed by atoms with Gasteiger partial charge in [-0.2, -0.15) is 0 Å². The number of unbranched alkanes of at least 4 members (excludes halogenated alkanes) is 3. The second-order valence-electron chi connectivity index (χ2n) is 11.5. The Bertz CT molecular complexity index is 1140. The Hall–Kier alpha value is -2.58. The van der Waals surface area contributed by atoms with Crippen LogP contribution in [0.2, 0.25) is 0 Å². The maximum atomic E-state index is 14.7. The van der Waals surface area contributed by atoms with E-state index in [1.807, 2.05) is 38.1 Å². The van der Waals surface area contributed by atoms with E-state index in [4.69, 9.17) is 4.74 Å². The van der Waals surface area contributed by atoms with Gasteiger partial charge in [-0.1, -0.05) is 31.2 Å². The normalized spacial score (nSPS) is 28.4. The molecule has 3 fully saturated rings. The van der Waals surface area contributed by atoms with Crippen LogP contribution in [0.25, 0.3) is 0 Å². The van der Waals surface area contributed by atoms with Crippen molar-refractivity contribution < 1.29 is 24.2 Å². The number of hydrogen-bond acceptors (Lipinski definition) is 6. The maximum absolute atomic E-state index is 14.7. The van der Waals surface area contributed by atoms with E-state index in [9.17, 15) is 19.5 Å². The lowest BCUT2D eigenvalue weighted by atomic mass is 9.66. The Kier molecular flexibility index (Phi) is 9.83. The van der Waals surface area contributed by atoms with Crippen LogP contribution in [0.15, 0.2) is 43.5 Å². The first-order chi connectivity index (χ1) is 19.2. The number of aliphatic hydroxyl groups is 1. The van der Waals surface area contributed by atoms with Crippen LogP contribution in [-0.2, 0) is 19.1 Å². The van der Waals surface area contributed by atoms with Crippen molar-refractivity contribution in [1.29, 1.82) is 0 Å². The van der Waals surface area contributed by atoms with E-state index in [0.717, 1.165) is 42.5 Å². The number of likely N-dealkylation sites (tertiary alicyclic amines) is 1. The molecule has 3 heterocycles. The maximum Gasteiger partial charge on any atom is 0.310 e. The first-order valence-corrected chi connectivity index (χ1v) is 15.5. The predicted octanol–water partition coefficient (Wildman–Crippen LogP) is 4.83. The Morgan fingerprint density at radius 3 is 2.67 bits per heavy atom. The summed E-state index contributed by atoms with van der Waals surface area (Å²) in [5.41, 5.74) is 2.83. The second-order valence-corrected chi connectivity index (χ2v) is 13.0. The highest BCUT2D eigenvalue weighted by Crippen LogP contribution is 2.68. The molecule has 7 nitrogen and oxygen atoms in total. The standard InChI is InChI=1S/C32H44N2O5S/c1-6-8-9-12-18-39-31(38)26-25-20-23(5)32(40-25)27(26)29(36)34(16-10-11-17-35)28(32)30(37)33(15-7-2)24-19-21(3)13-14-22(24)4/h6-7,13-14,19,23,25-28,35H,1-2,8-12,15-18,20H2,3-5H3/t23?,25-,26+,27+,28?,32?/m1/s1. The lowest BCUT2D eigenvalue weighted by Gasteiger charge is -2.40. The van der Waals surface area contributed by atoms with Gasteiger partial charge in [-0.25, -0.2) is 0 Å². The molecule has 0 radical (unpaired) electrons. The Labute approximate surface area is 243 Å². The van der Waals surface area contributed by atoms with Crippen molar-refractivity contribution in [1.82, 2.24) is 4.90 Å². The summed E-state index contributed by atoms with van der Waals surface area (Å²) in [5.74, 6) is -1.66. The van der Waals surface area contributed by atoms with Crippen molar-refractivity contribution in [3.05, 3.63) is 54.6 Å². The van der Waals surface area contributed by atoms with Crippen LogP contribution in [-0.4, -0.2) is 70.1 Å². The number of ether oxygens (including phenoxy) is 1. The van der Waals surface area contributed by atoms with Crippen LogP contribution in [0.4, 0.5) is 5.69 Å². The highest BCUT2D eigenvalue weighted by Gasteiger charge is 2.76. The van der Waals surface area contributed by atoms with Crippen LogP contribution in [0.1, 0.15) is 56.6 Å². The molecule has 218 valence electrons. The minimum atomic E-state index is -0.709. The minimum absolute atomic E-state index is 0.0221. The van der Waals surface area contributed by atoms with Crippen molar-refractivity contribution >= 4 is 35.2 Å². The number of benzene rings is 1. The molecule has 1 N–H and O–H groups in total. The van der Waals surface area contributed by atoms with E-state index in [2.05, 4.69) is 20.1 Å². The molecule has 3 unspecified atom stereocenters. The fourth-order valence-electron chi connectivity index (χ4n) is 6.96. The lowest BCUT2D eigenvalue weighted by Crippen LogP contribution is -2.57. The zero-order valence-corrected chi connectivity index (χ0v) is 25.0. The fourth-order valence-corrected chi connectivity index (χ4v) is 9.36. The number of carbonyl (C=O) groups excluding carboxylic acids is 3. The summed E-state index contributed by atoms with van der Waals surface area (Å²) < 4.78 is 5.02. The fraction of sp³-hybridized carbons (Fsp3) is 0.594. The topological polar surface area (TPSA) is 87.1 Å². The summed E-state index contributed by atoms with van der Waals surface area (Å²) in [5, 5.41) is 9.39. The van der Waals surface area contributed by atoms with Crippen LogP contribution in [0.5, 0.6) is 0 Å². The van der Waals surface area contributed by atoms with Crippen LogP contribution >= 0.6 is 11.8 Å². The van der Waals surface area contributed by atoms with E-state index < -0.39 is 22.6 Å². The number of carbonyl (C=O) groups is 3. The van der Waals surface area contributed by atoms with Crippen LogP contribution in [0.3, 0.4) is 0 Å². The Morgan fingerprint density at radius 2 is 1.98 bits per heavy atom. The lowest BCUT2D eigenvalue weighted by molar-refractivity contribution is -0.154. The van der Waals surface area contributed by atoms with E-state index in [1.54, 1.807) is 27.6 Å². The molecule has 40 heavy (non-hydrogen) atoms. The first kappa shape index (κ1) is 30.4. The SMILES string of the molecule is C=CCCCCOC(=O)[C@@H]1[C@H]2C(=O)N(CCCCO)C(C(=O)N(CC=C)c3cc(C)ccc3C)C23S[C@@H]1CC3C. The predicted molar refractivity (Wildman–Crippen MR) is 160 cm³/mol. The molecular weight excluding hydrogens is 524 g/mol. The number of thioether (sulfide) groups is 1. The van der Waals surface area contributed by atoms with Crippen LogP contribution < -0.4 is 4.90 Å². The number of aliphatic hydroxyl groups excluding tert-OH is 1. The number of allylic oxidation sites excluding steroid dienone is 1. The van der Waals surface area contributed by atoms with Gasteiger partial charge in [0.1, 0.15) is 6.04 Å². The largest absolute Gasteiger partial charge is 0.465 e. The summed E-state index contributed by atoms with van der Waals surface area (Å²) >= 11 is 1.66. The van der Waals surface area contributed by atoms with Gasteiger partial charge in [-0.3, -0.25) is 14.4 Å². The molecule has 0 saturated carbocycles. The van der Waals surface area contributed by atoms with Crippen molar-refractivity contribution in [2.24, 2.45) is 17.8 Å². The monoisotopic (exact) mass is 568 g/mol. The third kappa shape index (κ3) is 5.37. The van der Waals surface area contributed by atoms with Crippen molar-refractivity contribution in [3.8, 4) is 0 Å². The molecule has 1 spiro atoms. The average Bonchev–Trinajstić information content (AvgIpc) is 3.52. The number of nitrogens with zero attached hydrogens (tertiary/aromatic N) is 2. The van der Waals surface area contributed by atoms with E-state index in [0.29, 0.717) is 32.5 Å². The molecule has 3 aliphatic heterocycles. The molecule has 2 bridgehead atoms. The van der Waals surface area contributed by atoms with Gasteiger partial charge in [0.05, 0.1) is 23.2 Å². The van der Waals surface area contributed by atoms with Crippen molar-refractivity contribution in [2.75, 3.05) is 31.2 Å². The minimum Gasteiger partial charge on any atom is -0.465 e.